The summed E-state index contributed by atoms with van der Waals surface area (Å²) in [5.74, 6) is 5.72. The number of halogens is 1. The minimum absolute atomic E-state index is 0.437. The van der Waals surface area contributed by atoms with E-state index in [0.717, 1.165) is 16.7 Å². The summed E-state index contributed by atoms with van der Waals surface area (Å²) in [6.45, 7) is 0. The Morgan fingerprint density at radius 2 is 2.27 bits per heavy atom. The molecule has 4 N–H and O–H groups in total. The van der Waals surface area contributed by atoms with Crippen LogP contribution in [0.1, 0.15) is 18.7 Å². The Morgan fingerprint density at radius 3 is 2.93 bits per heavy atom. The van der Waals surface area contributed by atoms with Crippen molar-refractivity contribution in [3.63, 3.8) is 0 Å². The first-order chi connectivity index (χ1) is 7.21. The molecule has 3 rings (SSSR count). The standard InChI is InChI=1S/C10H11FN4/c11-10(3-4-10)9-13-7-2-1-6(15-12)5-8(7)14-9/h1-2,5,15H,3-4,12H2,(H,13,14). The van der Waals surface area contributed by atoms with E-state index in [9.17, 15) is 4.39 Å². The predicted octanol–water partition coefficient (Wildman–Crippen LogP) is 1.81. The molecule has 15 heavy (non-hydrogen) atoms. The number of anilines is 1. The van der Waals surface area contributed by atoms with Gasteiger partial charge in [-0.05, 0) is 31.0 Å². The minimum atomic E-state index is -1.21. The molecule has 1 aromatic heterocycles. The van der Waals surface area contributed by atoms with E-state index in [-0.39, 0.29) is 0 Å². The van der Waals surface area contributed by atoms with Crippen LogP contribution in [0.3, 0.4) is 0 Å². The van der Waals surface area contributed by atoms with E-state index in [1.165, 1.54) is 0 Å². The van der Waals surface area contributed by atoms with Gasteiger partial charge in [-0.2, -0.15) is 0 Å². The van der Waals surface area contributed by atoms with Gasteiger partial charge >= 0.3 is 0 Å². The summed E-state index contributed by atoms with van der Waals surface area (Å²) < 4.78 is 13.7. The third kappa shape index (κ3) is 1.27. The first kappa shape index (κ1) is 8.67. The molecule has 0 spiro atoms. The zero-order chi connectivity index (χ0) is 10.5. The first-order valence-corrected chi connectivity index (χ1v) is 4.87. The lowest BCUT2D eigenvalue weighted by atomic mass is 10.3. The van der Waals surface area contributed by atoms with Gasteiger partial charge < -0.3 is 10.4 Å². The Balaban J connectivity index is 2.13. The van der Waals surface area contributed by atoms with E-state index in [1.54, 1.807) is 0 Å². The quantitative estimate of drug-likeness (QED) is 0.518. The highest BCUT2D eigenvalue weighted by molar-refractivity contribution is 5.79. The molecule has 0 bridgehead atoms. The van der Waals surface area contributed by atoms with Crippen LogP contribution in [0.4, 0.5) is 10.1 Å². The third-order valence-corrected chi connectivity index (χ3v) is 2.76. The fourth-order valence-corrected chi connectivity index (χ4v) is 1.66. The summed E-state index contributed by atoms with van der Waals surface area (Å²) in [7, 11) is 0. The van der Waals surface area contributed by atoms with Gasteiger partial charge in [0.25, 0.3) is 0 Å². The number of aromatic nitrogens is 2. The molecule has 1 aromatic carbocycles. The second-order valence-corrected chi connectivity index (χ2v) is 3.93. The number of alkyl halides is 1. The lowest BCUT2D eigenvalue weighted by Crippen LogP contribution is -2.05. The highest BCUT2D eigenvalue weighted by Crippen LogP contribution is 2.48. The number of hydrogen-bond donors (Lipinski definition) is 3. The summed E-state index contributed by atoms with van der Waals surface area (Å²) in [5.41, 5.74) is 3.69. The van der Waals surface area contributed by atoms with Crippen molar-refractivity contribution in [1.82, 2.24) is 9.97 Å². The minimum Gasteiger partial charge on any atom is -0.339 e. The normalized spacial score (nSPS) is 18.0. The van der Waals surface area contributed by atoms with Crippen molar-refractivity contribution in [3.05, 3.63) is 24.0 Å². The zero-order valence-electron chi connectivity index (χ0n) is 8.05. The van der Waals surface area contributed by atoms with Crippen LogP contribution in [0.25, 0.3) is 11.0 Å². The molecular formula is C10H11FN4. The Bertz CT molecular complexity index is 515. The Labute approximate surface area is 85.7 Å². The lowest BCUT2D eigenvalue weighted by Gasteiger charge is -1.97. The number of aromatic amines is 1. The zero-order valence-corrected chi connectivity index (χ0v) is 8.05. The Hall–Kier alpha value is -1.62. The SMILES string of the molecule is NNc1ccc2nc(C3(F)CC3)[nH]c2c1. The van der Waals surface area contributed by atoms with Crippen molar-refractivity contribution in [2.75, 3.05) is 5.43 Å². The summed E-state index contributed by atoms with van der Waals surface area (Å²) in [6.07, 6.45) is 1.13. The monoisotopic (exact) mass is 206 g/mol. The van der Waals surface area contributed by atoms with Gasteiger partial charge in [0.05, 0.1) is 16.7 Å². The number of benzene rings is 1. The molecule has 1 aliphatic rings. The maximum absolute atomic E-state index is 13.7. The number of rotatable bonds is 2. The largest absolute Gasteiger partial charge is 0.339 e. The van der Waals surface area contributed by atoms with Crippen LogP contribution < -0.4 is 11.3 Å². The molecule has 0 atom stereocenters. The van der Waals surface area contributed by atoms with Gasteiger partial charge in [0.2, 0.25) is 0 Å². The predicted molar refractivity (Wildman–Crippen MR) is 55.9 cm³/mol. The van der Waals surface area contributed by atoms with E-state index < -0.39 is 5.67 Å². The van der Waals surface area contributed by atoms with Crippen LogP contribution in [0, 0.1) is 0 Å². The van der Waals surface area contributed by atoms with Crippen LogP contribution in [0.5, 0.6) is 0 Å². The fourth-order valence-electron chi connectivity index (χ4n) is 1.66. The molecule has 78 valence electrons. The van der Waals surface area contributed by atoms with Crippen molar-refractivity contribution in [3.8, 4) is 0 Å². The van der Waals surface area contributed by atoms with E-state index >= 15 is 0 Å². The topological polar surface area (TPSA) is 66.7 Å². The molecule has 2 aromatic rings. The molecule has 4 nitrogen and oxygen atoms in total. The number of nitrogens with one attached hydrogen (secondary N) is 2. The van der Waals surface area contributed by atoms with Crippen molar-refractivity contribution in [1.29, 1.82) is 0 Å². The number of nitrogen functional groups attached to an aromatic ring is 1. The average Bonchev–Trinajstić information content (AvgIpc) is 2.85. The van der Waals surface area contributed by atoms with Crippen LogP contribution >= 0.6 is 0 Å². The first-order valence-electron chi connectivity index (χ1n) is 4.87. The van der Waals surface area contributed by atoms with Gasteiger partial charge in [-0.3, -0.25) is 5.84 Å². The van der Waals surface area contributed by atoms with E-state index in [2.05, 4.69) is 15.4 Å². The van der Waals surface area contributed by atoms with Gasteiger partial charge in [0, 0.05) is 0 Å². The van der Waals surface area contributed by atoms with E-state index in [1.807, 2.05) is 18.2 Å². The summed E-state index contributed by atoms with van der Waals surface area (Å²) in [6, 6.07) is 5.44. The Morgan fingerprint density at radius 1 is 1.47 bits per heavy atom. The van der Waals surface area contributed by atoms with Gasteiger partial charge in [0.15, 0.2) is 5.67 Å². The smallest absolute Gasteiger partial charge is 0.168 e. The molecule has 1 aliphatic carbocycles. The molecule has 1 fully saturated rings. The molecule has 0 saturated heterocycles. The molecule has 1 saturated carbocycles. The molecule has 0 aliphatic heterocycles. The van der Waals surface area contributed by atoms with Crippen molar-refractivity contribution in [2.45, 2.75) is 18.5 Å². The van der Waals surface area contributed by atoms with Gasteiger partial charge in [0.1, 0.15) is 5.82 Å². The van der Waals surface area contributed by atoms with Gasteiger partial charge in [-0.15, -0.1) is 0 Å². The number of hydrazine groups is 1. The Kier molecular flexibility index (Phi) is 1.56. The van der Waals surface area contributed by atoms with Crippen molar-refractivity contribution < 1.29 is 4.39 Å². The number of hydrogen-bond acceptors (Lipinski definition) is 3. The van der Waals surface area contributed by atoms with E-state index in [0.29, 0.717) is 18.7 Å². The second-order valence-electron chi connectivity index (χ2n) is 3.93. The number of H-pyrrole nitrogens is 1. The lowest BCUT2D eigenvalue weighted by molar-refractivity contribution is 0.303. The van der Waals surface area contributed by atoms with Gasteiger partial charge in [-0.1, -0.05) is 0 Å². The molecule has 0 unspecified atom stereocenters. The maximum Gasteiger partial charge on any atom is 0.168 e. The highest BCUT2D eigenvalue weighted by Gasteiger charge is 2.47. The van der Waals surface area contributed by atoms with E-state index in [4.69, 9.17) is 5.84 Å². The number of nitrogens with two attached hydrogens (primary N) is 1. The number of fused-ring (bicyclic) bond motifs is 1. The van der Waals surface area contributed by atoms with Crippen LogP contribution in [0.15, 0.2) is 18.2 Å². The molecule has 0 amide bonds. The summed E-state index contributed by atoms with van der Waals surface area (Å²) in [4.78, 5) is 7.21. The van der Waals surface area contributed by atoms with Crippen LogP contribution in [-0.4, -0.2) is 9.97 Å². The molecule has 1 heterocycles. The highest BCUT2D eigenvalue weighted by atomic mass is 19.1. The van der Waals surface area contributed by atoms with Crippen molar-refractivity contribution >= 4 is 16.7 Å². The molecule has 0 radical (unpaired) electrons. The summed E-state index contributed by atoms with van der Waals surface area (Å²) in [5, 5.41) is 0. The molecular weight excluding hydrogens is 195 g/mol. The van der Waals surface area contributed by atoms with Crippen molar-refractivity contribution in [2.24, 2.45) is 5.84 Å². The third-order valence-electron chi connectivity index (χ3n) is 2.76. The van der Waals surface area contributed by atoms with Crippen LogP contribution in [0.2, 0.25) is 0 Å². The molecule has 5 heteroatoms. The average molecular weight is 206 g/mol. The summed E-state index contributed by atoms with van der Waals surface area (Å²) >= 11 is 0. The van der Waals surface area contributed by atoms with Gasteiger partial charge in [-0.25, -0.2) is 9.37 Å². The van der Waals surface area contributed by atoms with Crippen LogP contribution in [-0.2, 0) is 5.67 Å². The number of imidazole rings is 1. The maximum atomic E-state index is 13.7. The second kappa shape index (κ2) is 2.70. The number of nitrogens with zero attached hydrogens (tertiary/aromatic N) is 1. The fraction of sp³-hybridized carbons (Fsp3) is 0.300.